The molecule has 0 aromatic heterocycles. The summed E-state index contributed by atoms with van der Waals surface area (Å²) in [7, 11) is 1.60. The van der Waals surface area contributed by atoms with E-state index in [1.54, 1.807) is 12.0 Å². The highest BCUT2D eigenvalue weighted by atomic mass is 16.5. The number of ether oxygens (including phenoxy) is 1. The number of rotatable bonds is 5. The number of hydrogen-bond donors (Lipinski definition) is 3. The Kier molecular flexibility index (Phi) is 5.56. The summed E-state index contributed by atoms with van der Waals surface area (Å²) in [4.78, 5) is 24.5. The molecule has 1 unspecified atom stereocenters. The second-order valence-electron chi connectivity index (χ2n) is 5.03. The van der Waals surface area contributed by atoms with E-state index in [9.17, 15) is 9.59 Å². The number of methoxy groups -OCH3 is 1. The number of amides is 2. The van der Waals surface area contributed by atoms with Crippen LogP contribution in [0, 0.1) is 0 Å². The molecule has 1 saturated heterocycles. The third-order valence-corrected chi connectivity index (χ3v) is 3.45. The molecular weight excluding hydrogens is 252 g/mol. The Morgan fingerprint density at radius 2 is 2.21 bits per heavy atom. The number of likely N-dealkylation sites (tertiary alicyclic amines) is 1. The fourth-order valence-corrected chi connectivity index (χ4v) is 2.17. The zero-order valence-corrected chi connectivity index (χ0v) is 11.4. The smallest absolute Gasteiger partial charge is 0.326 e. The summed E-state index contributed by atoms with van der Waals surface area (Å²) < 4.78 is 5.38. The van der Waals surface area contributed by atoms with Gasteiger partial charge in [-0.2, -0.15) is 0 Å². The predicted octanol–water partition coefficient (Wildman–Crippen LogP) is 0.0325. The number of carbonyl (C=O) groups is 2. The van der Waals surface area contributed by atoms with Crippen molar-refractivity contribution in [1.29, 1.82) is 0 Å². The normalized spacial score (nSPS) is 24.9. The summed E-state index contributed by atoms with van der Waals surface area (Å²) in [5.41, 5.74) is -0.384. The number of nitrogens with one attached hydrogen (secondary N) is 1. The van der Waals surface area contributed by atoms with Crippen LogP contribution in [-0.2, 0) is 9.53 Å². The highest BCUT2D eigenvalue weighted by molar-refractivity contribution is 5.82. The number of nitrogens with zero attached hydrogens (tertiary/aromatic N) is 1. The number of piperidine rings is 1. The molecule has 0 spiro atoms. The molecule has 1 aliphatic heterocycles. The highest BCUT2D eigenvalue weighted by Gasteiger charge is 2.34. The minimum Gasteiger partial charge on any atom is -0.480 e. The first kappa shape index (κ1) is 15.7. The topological polar surface area (TPSA) is 99.1 Å². The molecule has 1 rings (SSSR count). The van der Waals surface area contributed by atoms with Gasteiger partial charge < -0.3 is 25.2 Å². The zero-order valence-electron chi connectivity index (χ0n) is 11.4. The number of carboxylic acids is 1. The van der Waals surface area contributed by atoms with Crippen LogP contribution in [0.25, 0.3) is 0 Å². The molecule has 1 aliphatic rings. The minimum atomic E-state index is -1.14. The van der Waals surface area contributed by atoms with Gasteiger partial charge in [-0.15, -0.1) is 0 Å². The maximum absolute atomic E-state index is 12.0. The van der Waals surface area contributed by atoms with Crippen molar-refractivity contribution in [3.63, 3.8) is 0 Å². The SMILES string of the molecule is COC1(C)CCCN(C(=O)N[C@@H](CCO)C(=O)O)C1. The van der Waals surface area contributed by atoms with Crippen LogP contribution in [0.1, 0.15) is 26.2 Å². The van der Waals surface area contributed by atoms with E-state index >= 15 is 0 Å². The third-order valence-electron chi connectivity index (χ3n) is 3.45. The van der Waals surface area contributed by atoms with E-state index in [1.165, 1.54) is 0 Å². The number of aliphatic hydroxyl groups excluding tert-OH is 1. The van der Waals surface area contributed by atoms with Crippen LogP contribution in [0.15, 0.2) is 0 Å². The van der Waals surface area contributed by atoms with Crippen LogP contribution in [0.5, 0.6) is 0 Å². The molecule has 2 atom stereocenters. The van der Waals surface area contributed by atoms with E-state index < -0.39 is 18.0 Å². The van der Waals surface area contributed by atoms with Gasteiger partial charge >= 0.3 is 12.0 Å². The van der Waals surface area contributed by atoms with Gasteiger partial charge in [-0.25, -0.2) is 9.59 Å². The van der Waals surface area contributed by atoms with E-state index in [0.29, 0.717) is 13.1 Å². The van der Waals surface area contributed by atoms with Crippen molar-refractivity contribution in [3.05, 3.63) is 0 Å². The molecule has 110 valence electrons. The van der Waals surface area contributed by atoms with E-state index in [0.717, 1.165) is 12.8 Å². The van der Waals surface area contributed by atoms with Crippen molar-refractivity contribution >= 4 is 12.0 Å². The average molecular weight is 274 g/mol. The number of carbonyl (C=O) groups excluding carboxylic acids is 1. The first-order valence-electron chi connectivity index (χ1n) is 6.36. The summed E-state index contributed by atoms with van der Waals surface area (Å²) >= 11 is 0. The maximum Gasteiger partial charge on any atom is 0.326 e. The van der Waals surface area contributed by atoms with Gasteiger partial charge in [-0.1, -0.05) is 0 Å². The van der Waals surface area contributed by atoms with E-state index in [2.05, 4.69) is 5.32 Å². The van der Waals surface area contributed by atoms with Crippen LogP contribution >= 0.6 is 0 Å². The van der Waals surface area contributed by atoms with Crippen LogP contribution in [0.2, 0.25) is 0 Å². The molecule has 7 heteroatoms. The quantitative estimate of drug-likeness (QED) is 0.657. The number of hydrogen-bond acceptors (Lipinski definition) is 4. The Balaban J connectivity index is 2.59. The molecule has 0 aromatic rings. The van der Waals surface area contributed by atoms with Gasteiger partial charge in [-0.3, -0.25) is 0 Å². The summed E-state index contributed by atoms with van der Waals surface area (Å²) in [5.74, 6) is -1.14. The Morgan fingerprint density at radius 3 is 2.74 bits per heavy atom. The van der Waals surface area contributed by atoms with Gasteiger partial charge in [-0.05, 0) is 19.8 Å². The van der Waals surface area contributed by atoms with Crippen LogP contribution < -0.4 is 5.32 Å². The fraction of sp³-hybridized carbons (Fsp3) is 0.833. The lowest BCUT2D eigenvalue weighted by Gasteiger charge is -2.39. The molecule has 0 bridgehead atoms. The Bertz CT molecular complexity index is 336. The Hall–Kier alpha value is -1.34. The monoisotopic (exact) mass is 274 g/mol. The Labute approximate surface area is 112 Å². The summed E-state index contributed by atoms with van der Waals surface area (Å²) in [6, 6.07) is -1.49. The molecule has 0 saturated carbocycles. The van der Waals surface area contributed by atoms with Crippen molar-refractivity contribution in [2.24, 2.45) is 0 Å². The standard InChI is InChI=1S/C12H22N2O5/c1-12(19-2)5-3-6-14(8-12)11(18)13-9(4-7-15)10(16)17/h9,15H,3-8H2,1-2H3,(H,13,18)(H,16,17)/t9-,12?/m0/s1. The second kappa shape index (κ2) is 6.72. The first-order chi connectivity index (χ1) is 8.91. The van der Waals surface area contributed by atoms with Gasteiger partial charge in [0.1, 0.15) is 6.04 Å². The first-order valence-corrected chi connectivity index (χ1v) is 6.36. The number of aliphatic hydroxyl groups is 1. The fourth-order valence-electron chi connectivity index (χ4n) is 2.17. The molecule has 0 aliphatic carbocycles. The molecule has 2 amide bonds. The van der Waals surface area contributed by atoms with E-state index in [4.69, 9.17) is 14.9 Å². The van der Waals surface area contributed by atoms with Gasteiger partial charge in [0.2, 0.25) is 0 Å². The van der Waals surface area contributed by atoms with Crippen molar-refractivity contribution in [2.45, 2.75) is 37.8 Å². The van der Waals surface area contributed by atoms with Crippen molar-refractivity contribution in [1.82, 2.24) is 10.2 Å². The van der Waals surface area contributed by atoms with E-state index in [-0.39, 0.29) is 18.6 Å². The number of carboxylic acid groups (broad SMARTS) is 1. The van der Waals surface area contributed by atoms with Crippen molar-refractivity contribution < 1.29 is 24.5 Å². The molecule has 19 heavy (non-hydrogen) atoms. The largest absolute Gasteiger partial charge is 0.480 e. The molecule has 3 N–H and O–H groups in total. The molecular formula is C12H22N2O5. The van der Waals surface area contributed by atoms with Gasteiger partial charge in [0.15, 0.2) is 0 Å². The minimum absolute atomic E-state index is 0.00351. The van der Waals surface area contributed by atoms with Gasteiger partial charge in [0.25, 0.3) is 0 Å². The third kappa shape index (κ3) is 4.36. The number of aliphatic carboxylic acids is 1. The predicted molar refractivity (Wildman–Crippen MR) is 67.9 cm³/mol. The Morgan fingerprint density at radius 1 is 1.53 bits per heavy atom. The molecule has 0 radical (unpaired) electrons. The summed E-state index contributed by atoms with van der Waals surface area (Å²) in [6.07, 6.45) is 1.68. The molecule has 1 fully saturated rings. The van der Waals surface area contributed by atoms with E-state index in [1.807, 2.05) is 6.92 Å². The zero-order chi connectivity index (χ0) is 14.5. The lowest BCUT2D eigenvalue weighted by Crippen LogP contribution is -2.55. The number of urea groups is 1. The van der Waals surface area contributed by atoms with Gasteiger partial charge in [0.05, 0.1) is 12.1 Å². The van der Waals surface area contributed by atoms with Crippen LogP contribution in [0.4, 0.5) is 4.79 Å². The molecule has 1 heterocycles. The maximum atomic E-state index is 12.0. The summed E-state index contributed by atoms with van der Waals surface area (Å²) in [6.45, 7) is 2.65. The lowest BCUT2D eigenvalue weighted by molar-refractivity contribution is -0.139. The summed E-state index contributed by atoms with van der Waals surface area (Å²) in [5, 5.41) is 20.1. The van der Waals surface area contributed by atoms with Crippen LogP contribution in [-0.4, -0.2) is 65.6 Å². The van der Waals surface area contributed by atoms with Gasteiger partial charge in [0, 0.05) is 26.7 Å². The lowest BCUT2D eigenvalue weighted by atomic mass is 9.95. The van der Waals surface area contributed by atoms with Crippen molar-refractivity contribution in [2.75, 3.05) is 26.8 Å². The highest BCUT2D eigenvalue weighted by Crippen LogP contribution is 2.23. The van der Waals surface area contributed by atoms with Crippen molar-refractivity contribution in [3.8, 4) is 0 Å². The van der Waals surface area contributed by atoms with Crippen LogP contribution in [0.3, 0.4) is 0 Å². The molecule has 7 nitrogen and oxygen atoms in total. The molecule has 0 aromatic carbocycles. The average Bonchev–Trinajstić information content (AvgIpc) is 2.38. The second-order valence-corrected chi connectivity index (χ2v) is 5.03.